The van der Waals surface area contributed by atoms with Gasteiger partial charge in [-0.1, -0.05) is 32.0 Å². The van der Waals surface area contributed by atoms with Crippen molar-refractivity contribution in [2.75, 3.05) is 11.9 Å². The Hall–Kier alpha value is -1.84. The van der Waals surface area contributed by atoms with Gasteiger partial charge >= 0.3 is 0 Å². The summed E-state index contributed by atoms with van der Waals surface area (Å²) < 4.78 is 2.21. The summed E-state index contributed by atoms with van der Waals surface area (Å²) in [5.41, 5.74) is 2.57. The van der Waals surface area contributed by atoms with Gasteiger partial charge in [-0.25, -0.2) is 0 Å². The Kier molecular flexibility index (Phi) is 3.23. The first-order chi connectivity index (χ1) is 9.25. The molecule has 1 aromatic heterocycles. The van der Waals surface area contributed by atoms with Gasteiger partial charge in [-0.3, -0.25) is 0 Å². The molecule has 1 atom stereocenters. The zero-order valence-corrected chi connectivity index (χ0v) is 11.5. The lowest BCUT2D eigenvalue weighted by Crippen LogP contribution is -2.21. The summed E-state index contributed by atoms with van der Waals surface area (Å²) in [7, 11) is 0. The quantitative estimate of drug-likeness (QED) is 0.918. The summed E-state index contributed by atoms with van der Waals surface area (Å²) in [4.78, 5) is 0. The van der Waals surface area contributed by atoms with E-state index in [1.54, 1.807) is 0 Å². The van der Waals surface area contributed by atoms with Gasteiger partial charge in [-0.2, -0.15) is 0 Å². The van der Waals surface area contributed by atoms with Crippen LogP contribution in [0.2, 0.25) is 0 Å². The fourth-order valence-electron chi connectivity index (χ4n) is 2.80. The molecule has 0 bridgehead atoms. The molecule has 1 N–H and O–H groups in total. The summed E-state index contributed by atoms with van der Waals surface area (Å²) in [6.45, 7) is 6.42. The molecule has 0 saturated heterocycles. The highest BCUT2D eigenvalue weighted by Gasteiger charge is 2.25. The van der Waals surface area contributed by atoms with Crippen molar-refractivity contribution >= 4 is 5.69 Å². The van der Waals surface area contributed by atoms with Crippen molar-refractivity contribution in [2.24, 2.45) is 5.92 Å². The minimum atomic E-state index is 0.360. The number of nitrogens with zero attached hydrogens (tertiary/aromatic N) is 3. The van der Waals surface area contributed by atoms with Gasteiger partial charge in [0.25, 0.3) is 0 Å². The number of fused-ring (bicyclic) bond motifs is 1. The smallest absolute Gasteiger partial charge is 0.140 e. The van der Waals surface area contributed by atoms with Gasteiger partial charge in [0.15, 0.2) is 0 Å². The molecular weight excluding hydrogens is 236 g/mol. The molecular formula is C15H20N4. The molecule has 19 heavy (non-hydrogen) atoms. The number of hydrogen-bond acceptors (Lipinski definition) is 3. The van der Waals surface area contributed by atoms with Crippen LogP contribution < -0.4 is 5.32 Å². The average Bonchev–Trinajstić information content (AvgIpc) is 2.85. The Morgan fingerprint density at radius 3 is 3.05 bits per heavy atom. The molecule has 1 aliphatic heterocycles. The van der Waals surface area contributed by atoms with Crippen molar-refractivity contribution in [1.29, 1.82) is 0 Å². The van der Waals surface area contributed by atoms with Crippen LogP contribution in [0.3, 0.4) is 0 Å². The summed E-state index contributed by atoms with van der Waals surface area (Å²) in [6, 6.07) is 8.51. The molecule has 1 aromatic carbocycles. The largest absolute Gasteiger partial charge is 0.385 e. The van der Waals surface area contributed by atoms with Crippen molar-refractivity contribution < 1.29 is 0 Å². The van der Waals surface area contributed by atoms with Crippen molar-refractivity contribution in [1.82, 2.24) is 14.8 Å². The number of anilines is 1. The molecule has 4 nitrogen and oxygen atoms in total. The second-order valence-electron chi connectivity index (χ2n) is 5.59. The maximum Gasteiger partial charge on any atom is 0.140 e. The monoisotopic (exact) mass is 256 g/mol. The lowest BCUT2D eigenvalue weighted by Gasteiger charge is -2.26. The summed E-state index contributed by atoms with van der Waals surface area (Å²) in [5.74, 6) is 2.06. The second-order valence-corrected chi connectivity index (χ2v) is 5.59. The zero-order valence-electron chi connectivity index (χ0n) is 11.5. The van der Waals surface area contributed by atoms with Gasteiger partial charge in [0.1, 0.15) is 12.2 Å². The van der Waals surface area contributed by atoms with Gasteiger partial charge in [0.05, 0.1) is 0 Å². The first-order valence-corrected chi connectivity index (χ1v) is 6.96. The van der Waals surface area contributed by atoms with Gasteiger partial charge in [0, 0.05) is 24.7 Å². The number of nitrogens with one attached hydrogen (secondary N) is 1. The Morgan fingerprint density at radius 2 is 2.21 bits per heavy atom. The molecule has 4 heteroatoms. The normalized spacial score (nSPS) is 18.2. The van der Waals surface area contributed by atoms with E-state index >= 15 is 0 Å². The zero-order chi connectivity index (χ0) is 13.2. The van der Waals surface area contributed by atoms with Crippen molar-refractivity contribution in [3.8, 4) is 0 Å². The van der Waals surface area contributed by atoms with Crippen LogP contribution >= 0.6 is 0 Å². The van der Waals surface area contributed by atoms with E-state index in [-0.39, 0.29) is 0 Å². The topological polar surface area (TPSA) is 42.7 Å². The molecule has 0 aliphatic carbocycles. The van der Waals surface area contributed by atoms with Crippen LogP contribution in [0.4, 0.5) is 5.69 Å². The van der Waals surface area contributed by atoms with Crippen molar-refractivity contribution in [3.05, 3.63) is 42.0 Å². The predicted molar refractivity (Wildman–Crippen MR) is 76.3 cm³/mol. The fourth-order valence-corrected chi connectivity index (χ4v) is 2.80. The van der Waals surface area contributed by atoms with Crippen LogP contribution in [0.15, 0.2) is 30.6 Å². The number of benzene rings is 1. The Bertz CT molecular complexity index is 559. The molecule has 1 aliphatic rings. The molecule has 100 valence electrons. The van der Waals surface area contributed by atoms with E-state index in [2.05, 4.69) is 58.2 Å². The third-order valence-corrected chi connectivity index (χ3v) is 3.60. The third kappa shape index (κ3) is 2.35. The highest BCUT2D eigenvalue weighted by atomic mass is 15.3. The van der Waals surface area contributed by atoms with Gasteiger partial charge in [-0.15, -0.1) is 10.2 Å². The summed E-state index contributed by atoms with van der Waals surface area (Å²) >= 11 is 0. The molecule has 0 amide bonds. The highest BCUT2D eigenvalue weighted by molar-refractivity contribution is 5.56. The third-order valence-electron chi connectivity index (χ3n) is 3.60. The van der Waals surface area contributed by atoms with Crippen molar-refractivity contribution in [2.45, 2.75) is 32.7 Å². The number of rotatable bonds is 3. The lowest BCUT2D eigenvalue weighted by atomic mass is 9.90. The van der Waals surface area contributed by atoms with Crippen LogP contribution in [-0.4, -0.2) is 21.3 Å². The Labute approximate surface area is 113 Å². The summed E-state index contributed by atoms with van der Waals surface area (Å²) in [5, 5.41) is 12.0. The highest BCUT2D eigenvalue weighted by Crippen LogP contribution is 2.35. The SMILES string of the molecule is CC(C)Cn1cnnc1C1CCNc2ccccc21. The van der Waals surface area contributed by atoms with Gasteiger partial charge in [0.2, 0.25) is 0 Å². The molecule has 2 aromatic rings. The standard InChI is InChI=1S/C15H20N4/c1-11(2)9-19-10-17-18-15(19)13-7-8-16-14-6-4-3-5-12(13)14/h3-6,10-11,13,16H,7-9H2,1-2H3. The minimum Gasteiger partial charge on any atom is -0.385 e. The Morgan fingerprint density at radius 1 is 1.37 bits per heavy atom. The van der Waals surface area contributed by atoms with E-state index in [9.17, 15) is 0 Å². The van der Waals surface area contributed by atoms with E-state index < -0.39 is 0 Å². The maximum absolute atomic E-state index is 4.38. The average molecular weight is 256 g/mol. The lowest BCUT2D eigenvalue weighted by molar-refractivity contribution is 0.492. The van der Waals surface area contributed by atoms with Crippen LogP contribution in [0.5, 0.6) is 0 Å². The number of para-hydroxylation sites is 1. The number of aromatic nitrogens is 3. The Balaban J connectivity index is 1.98. The molecule has 1 unspecified atom stereocenters. The molecule has 0 fully saturated rings. The van der Waals surface area contributed by atoms with Crippen molar-refractivity contribution in [3.63, 3.8) is 0 Å². The minimum absolute atomic E-state index is 0.360. The van der Waals surface area contributed by atoms with E-state index in [0.29, 0.717) is 11.8 Å². The number of hydrogen-bond donors (Lipinski definition) is 1. The molecule has 0 spiro atoms. The summed E-state index contributed by atoms with van der Waals surface area (Å²) in [6.07, 6.45) is 2.94. The molecule has 2 heterocycles. The molecule has 3 rings (SSSR count). The first-order valence-electron chi connectivity index (χ1n) is 6.96. The predicted octanol–water partition coefficient (Wildman–Crippen LogP) is 2.88. The van der Waals surface area contributed by atoms with Gasteiger partial charge < -0.3 is 9.88 Å². The van der Waals surface area contributed by atoms with Crippen LogP contribution in [0, 0.1) is 5.92 Å². The van der Waals surface area contributed by atoms with E-state index in [1.807, 2.05) is 6.33 Å². The van der Waals surface area contributed by atoms with Crippen LogP contribution in [-0.2, 0) is 6.54 Å². The second kappa shape index (κ2) is 5.03. The molecule has 0 radical (unpaired) electrons. The maximum atomic E-state index is 4.38. The molecule has 0 saturated carbocycles. The van der Waals surface area contributed by atoms with Crippen LogP contribution in [0.1, 0.15) is 37.6 Å². The van der Waals surface area contributed by atoms with E-state index in [1.165, 1.54) is 11.3 Å². The van der Waals surface area contributed by atoms with E-state index in [4.69, 9.17) is 0 Å². The van der Waals surface area contributed by atoms with Gasteiger partial charge in [-0.05, 0) is 24.0 Å². The fraction of sp³-hybridized carbons (Fsp3) is 0.467. The van der Waals surface area contributed by atoms with Crippen LogP contribution in [0.25, 0.3) is 0 Å². The van der Waals surface area contributed by atoms with E-state index in [0.717, 1.165) is 25.3 Å². The first kappa shape index (κ1) is 12.2.